The normalized spacial score (nSPS) is 31.0. The van der Waals surface area contributed by atoms with Crippen molar-refractivity contribution in [2.75, 3.05) is 20.3 Å². The Kier molecular flexibility index (Phi) is 14.1. The summed E-state index contributed by atoms with van der Waals surface area (Å²) in [5.74, 6) is -5.76. The molecule has 0 aliphatic carbocycles. The van der Waals surface area contributed by atoms with Gasteiger partial charge in [-0.1, -0.05) is 0 Å². The van der Waals surface area contributed by atoms with Crippen molar-refractivity contribution in [1.29, 1.82) is 0 Å². The van der Waals surface area contributed by atoms with E-state index in [1.54, 1.807) is 0 Å². The van der Waals surface area contributed by atoms with E-state index in [1.807, 2.05) is 0 Å². The lowest BCUT2D eigenvalue weighted by atomic mass is 9.96. The summed E-state index contributed by atoms with van der Waals surface area (Å²) in [4.78, 5) is 84.0. The summed E-state index contributed by atoms with van der Waals surface area (Å²) in [6.45, 7) is 6.44. The van der Waals surface area contributed by atoms with E-state index in [4.69, 9.17) is 52.1 Å². The average Bonchev–Trinajstić information content (AvgIpc) is 2.90. The summed E-state index contributed by atoms with van der Waals surface area (Å²) in [6.07, 6.45) is -15.0. The minimum atomic E-state index is -1.76. The highest BCUT2D eigenvalue weighted by Gasteiger charge is 2.57. The van der Waals surface area contributed by atoms with Crippen LogP contribution in [0.25, 0.3) is 0 Å². The first-order valence-corrected chi connectivity index (χ1v) is 13.7. The maximum absolute atomic E-state index is 12.2. The Bertz CT molecular complexity index is 1110. The predicted molar refractivity (Wildman–Crippen MR) is 140 cm³/mol. The molecule has 45 heavy (non-hydrogen) atoms. The van der Waals surface area contributed by atoms with E-state index in [2.05, 4.69) is 0 Å². The lowest BCUT2D eigenvalue weighted by Gasteiger charge is -2.48. The zero-order valence-corrected chi connectivity index (χ0v) is 26.0. The molecule has 0 radical (unpaired) electrons. The van der Waals surface area contributed by atoms with E-state index < -0.39 is 116 Å². The van der Waals surface area contributed by atoms with Crippen LogP contribution in [0.3, 0.4) is 0 Å². The molecule has 2 rings (SSSR count). The summed E-state index contributed by atoms with van der Waals surface area (Å²) in [5.41, 5.74) is 0. The highest BCUT2D eigenvalue weighted by atomic mass is 16.8. The van der Waals surface area contributed by atoms with Gasteiger partial charge in [0.25, 0.3) is 0 Å². The molecule has 2 aliphatic rings. The van der Waals surface area contributed by atoms with Gasteiger partial charge in [-0.3, -0.25) is 33.6 Å². The second kappa shape index (κ2) is 17.0. The summed E-state index contributed by atoms with van der Waals surface area (Å²) in [6, 6.07) is 0. The van der Waals surface area contributed by atoms with E-state index >= 15 is 0 Å². The fourth-order valence-electron chi connectivity index (χ4n) is 4.66. The Morgan fingerprint density at radius 2 is 0.778 bits per heavy atom. The quantitative estimate of drug-likeness (QED) is 0.187. The minimum absolute atomic E-state index is 0.504. The largest absolute Gasteiger partial charge is 0.463 e. The third kappa shape index (κ3) is 11.2. The molecule has 18 heteroatoms. The van der Waals surface area contributed by atoms with Gasteiger partial charge >= 0.3 is 41.8 Å². The van der Waals surface area contributed by atoms with Gasteiger partial charge < -0.3 is 52.1 Å². The summed E-state index contributed by atoms with van der Waals surface area (Å²) >= 11 is 0. The number of carbonyl (C=O) groups excluding carboxylic acids is 7. The molecule has 0 aromatic rings. The van der Waals surface area contributed by atoms with Gasteiger partial charge in [0.05, 0.1) is 0 Å². The fourth-order valence-corrected chi connectivity index (χ4v) is 4.66. The first-order chi connectivity index (χ1) is 21.0. The zero-order valence-electron chi connectivity index (χ0n) is 26.0. The van der Waals surface area contributed by atoms with E-state index in [9.17, 15) is 33.6 Å². The van der Waals surface area contributed by atoms with Crippen molar-refractivity contribution in [1.82, 2.24) is 0 Å². The van der Waals surface area contributed by atoms with Crippen molar-refractivity contribution < 1.29 is 85.7 Å². The molecule has 254 valence electrons. The lowest BCUT2D eigenvalue weighted by Crippen LogP contribution is -2.67. The van der Waals surface area contributed by atoms with Crippen LogP contribution in [-0.2, 0) is 85.7 Å². The highest BCUT2D eigenvalue weighted by Crippen LogP contribution is 2.35. The van der Waals surface area contributed by atoms with Crippen LogP contribution in [0.15, 0.2) is 0 Å². The van der Waals surface area contributed by atoms with Crippen LogP contribution < -0.4 is 0 Å². The van der Waals surface area contributed by atoms with E-state index in [0.29, 0.717) is 0 Å². The Hall–Kier alpha value is -3.87. The summed E-state index contributed by atoms with van der Waals surface area (Å²) in [5, 5.41) is 0. The molecule has 2 aliphatic heterocycles. The maximum atomic E-state index is 12.2. The van der Waals surface area contributed by atoms with Gasteiger partial charge in [0.15, 0.2) is 43.1 Å². The van der Waals surface area contributed by atoms with Gasteiger partial charge in [-0.2, -0.15) is 0 Å². The molecule has 2 fully saturated rings. The third-order valence-electron chi connectivity index (χ3n) is 6.12. The van der Waals surface area contributed by atoms with Gasteiger partial charge in [0.1, 0.15) is 31.5 Å². The van der Waals surface area contributed by atoms with E-state index in [0.717, 1.165) is 48.5 Å². The van der Waals surface area contributed by atoms with E-state index in [-0.39, 0.29) is 0 Å². The Labute approximate surface area is 258 Å². The van der Waals surface area contributed by atoms with Crippen molar-refractivity contribution in [3.05, 3.63) is 0 Å². The minimum Gasteiger partial charge on any atom is -0.463 e. The Morgan fingerprint density at radius 3 is 1.18 bits per heavy atom. The van der Waals surface area contributed by atoms with Crippen LogP contribution in [0.1, 0.15) is 48.5 Å². The predicted octanol–water partition coefficient (Wildman–Crippen LogP) is -0.747. The maximum Gasteiger partial charge on any atom is 0.303 e. The molecule has 0 saturated carbocycles. The molecule has 0 N–H and O–H groups in total. The fraction of sp³-hybridized carbons (Fsp3) is 0.741. The lowest BCUT2D eigenvalue weighted by molar-refractivity contribution is -0.359. The number of carbonyl (C=O) groups is 7. The van der Waals surface area contributed by atoms with Crippen LogP contribution in [0.4, 0.5) is 0 Å². The monoisotopic (exact) mass is 650 g/mol. The molecular weight excluding hydrogens is 612 g/mol. The molecule has 2 saturated heterocycles. The van der Waals surface area contributed by atoms with Gasteiger partial charge in [-0.25, -0.2) is 0 Å². The van der Waals surface area contributed by atoms with Crippen LogP contribution in [-0.4, -0.2) is 124 Å². The topological polar surface area (TPSA) is 221 Å². The number of esters is 7. The second-order valence-corrected chi connectivity index (χ2v) is 9.90. The standard InChI is InChI=1S/C27H38O18/c1-11(28)36-9-18-20(38-13(3)30)22(39-14(4)31)25(42-17(7)34)27(44-18)45-21-19(10-37-12(2)29)43-26(35-8)24(41-16(6)33)23(21)40-15(5)32/h18-27H,9-10H2,1-8H3/t18-,19-,20-,21-,22+,23+,24-,25-,26+,27-/m1/s1. The third-order valence-corrected chi connectivity index (χ3v) is 6.12. The van der Waals surface area contributed by atoms with E-state index in [1.165, 1.54) is 7.11 Å². The van der Waals surface area contributed by atoms with Gasteiger partial charge in [-0.05, 0) is 0 Å². The molecule has 2 heterocycles. The van der Waals surface area contributed by atoms with Crippen LogP contribution in [0.5, 0.6) is 0 Å². The van der Waals surface area contributed by atoms with Gasteiger partial charge in [0, 0.05) is 55.6 Å². The second-order valence-electron chi connectivity index (χ2n) is 9.90. The molecule has 0 aromatic heterocycles. The smallest absolute Gasteiger partial charge is 0.303 e. The summed E-state index contributed by atoms with van der Waals surface area (Å²) < 4.78 is 60.6. The van der Waals surface area contributed by atoms with Crippen LogP contribution >= 0.6 is 0 Å². The average molecular weight is 651 g/mol. The zero-order chi connectivity index (χ0) is 34.0. The van der Waals surface area contributed by atoms with Crippen LogP contribution in [0, 0.1) is 0 Å². The Morgan fingerprint density at radius 1 is 0.444 bits per heavy atom. The molecule has 0 bridgehead atoms. The molecule has 0 unspecified atom stereocenters. The van der Waals surface area contributed by atoms with Gasteiger partial charge in [-0.15, -0.1) is 0 Å². The SMILES string of the molecule is CO[C@H]1O[C@H](COC(C)=O)[C@@H](O[C@H]2O[C@H](COC(C)=O)[C@@H](OC(C)=O)[C@H](OC(C)=O)[C@H]2OC(C)=O)[C@H](OC(C)=O)[C@H]1OC(C)=O. The first kappa shape index (κ1) is 37.3. The molecule has 18 nitrogen and oxygen atoms in total. The van der Waals surface area contributed by atoms with Crippen molar-refractivity contribution in [2.45, 2.75) is 110 Å². The number of hydrogen-bond acceptors (Lipinski definition) is 18. The number of rotatable bonds is 12. The number of hydrogen-bond donors (Lipinski definition) is 0. The molecule has 10 atom stereocenters. The van der Waals surface area contributed by atoms with Crippen LogP contribution in [0.2, 0.25) is 0 Å². The van der Waals surface area contributed by atoms with Crippen molar-refractivity contribution >= 4 is 41.8 Å². The Balaban J connectivity index is 2.69. The molecule has 0 amide bonds. The van der Waals surface area contributed by atoms with Gasteiger partial charge in [0.2, 0.25) is 0 Å². The first-order valence-electron chi connectivity index (χ1n) is 13.7. The summed E-state index contributed by atoms with van der Waals surface area (Å²) in [7, 11) is 1.22. The molecule has 0 aromatic carbocycles. The van der Waals surface area contributed by atoms with Crippen molar-refractivity contribution in [2.24, 2.45) is 0 Å². The van der Waals surface area contributed by atoms with Crippen molar-refractivity contribution in [3.63, 3.8) is 0 Å². The number of methoxy groups -OCH3 is 1. The number of ether oxygens (including phenoxy) is 11. The van der Waals surface area contributed by atoms with Crippen molar-refractivity contribution in [3.8, 4) is 0 Å². The molecular formula is C27H38O18. The molecule has 0 spiro atoms. The highest BCUT2D eigenvalue weighted by molar-refractivity contribution is 5.69.